The zero-order chi connectivity index (χ0) is 17.8. The molecule has 1 aromatic heterocycles. The maximum Gasteiger partial charge on any atom is 0.0354 e. The second kappa shape index (κ2) is 7.84. The molecule has 1 aliphatic carbocycles. The third-order valence-corrected chi connectivity index (χ3v) is 5.61. The van der Waals surface area contributed by atoms with Crippen LogP contribution in [0.25, 0.3) is 16.2 Å². The maximum absolute atomic E-state index is 2.35. The summed E-state index contributed by atoms with van der Waals surface area (Å²) in [5.74, 6) is 0. The molecule has 0 atom stereocenters. The van der Waals surface area contributed by atoms with Crippen molar-refractivity contribution in [2.45, 2.75) is 40.5 Å². The number of hydrogen-bond acceptors (Lipinski definition) is 1. The minimum Gasteiger partial charge on any atom is -0.136 e. The van der Waals surface area contributed by atoms with E-state index < -0.39 is 0 Å². The van der Waals surface area contributed by atoms with E-state index in [4.69, 9.17) is 0 Å². The first-order valence-corrected chi connectivity index (χ1v) is 9.73. The number of hydrogen-bond donors (Lipinski definition) is 0. The van der Waals surface area contributed by atoms with Gasteiger partial charge in [-0.05, 0) is 69.2 Å². The summed E-state index contributed by atoms with van der Waals surface area (Å²) in [7, 11) is 0. The molecule has 0 unspecified atom stereocenters. The monoisotopic (exact) mass is 346 g/mol. The fourth-order valence-electron chi connectivity index (χ4n) is 3.18. The van der Waals surface area contributed by atoms with Crippen LogP contribution in [0.5, 0.6) is 0 Å². The van der Waals surface area contributed by atoms with Gasteiger partial charge >= 0.3 is 0 Å². The van der Waals surface area contributed by atoms with Crippen LogP contribution in [0.3, 0.4) is 0 Å². The van der Waals surface area contributed by atoms with Crippen molar-refractivity contribution in [3.63, 3.8) is 0 Å². The fraction of sp³-hybridized carbons (Fsp3) is 0.250. The van der Waals surface area contributed by atoms with Crippen LogP contribution in [0.1, 0.15) is 40.5 Å². The van der Waals surface area contributed by atoms with Gasteiger partial charge in [-0.15, -0.1) is 11.3 Å². The molecule has 0 saturated carbocycles. The normalized spacial score (nSPS) is 15.3. The van der Waals surface area contributed by atoms with E-state index in [9.17, 15) is 0 Å². The standard InChI is InChI=1S/C24H26S/c1-17-8-5-6-11-23-21(10-7-9-17)22-15-19(3)13-12-18(2)14-20(4)16-24(22)25-23/h6-9,11-16H,5,10H2,1-4H3/b9-7?,11-6-,13-12?,17-8?,18-12?,18-14?,19-13?,19-15?,20-14?,20-16?,22-15?,24-16?. The van der Waals surface area contributed by atoms with Crippen LogP contribution in [0.4, 0.5) is 0 Å². The highest BCUT2D eigenvalue weighted by Crippen LogP contribution is 2.33. The van der Waals surface area contributed by atoms with Crippen molar-refractivity contribution in [1.29, 1.82) is 0 Å². The fourth-order valence-corrected chi connectivity index (χ4v) is 4.44. The summed E-state index contributed by atoms with van der Waals surface area (Å²) in [6.07, 6.45) is 13.4. The van der Waals surface area contributed by atoms with Crippen LogP contribution in [-0.4, -0.2) is 0 Å². The molecule has 1 heteroatoms. The maximum atomic E-state index is 2.35. The molecule has 0 amide bonds. The van der Waals surface area contributed by atoms with Crippen molar-refractivity contribution >= 4 is 27.5 Å². The molecular formula is C24H26S. The second-order valence-corrected chi connectivity index (χ2v) is 8.00. The Morgan fingerprint density at radius 1 is 0.800 bits per heavy atom. The molecule has 1 heterocycles. The summed E-state index contributed by atoms with van der Waals surface area (Å²) < 4.78 is 1.36. The SMILES string of the molecule is CC1=CC/C=C\c2sc3cc(C)cc(C)ccc(C)cc3c2CC=C1. The van der Waals surface area contributed by atoms with Crippen molar-refractivity contribution in [1.82, 2.24) is 0 Å². The summed E-state index contributed by atoms with van der Waals surface area (Å²) in [4.78, 5) is 1.39. The molecular weight excluding hydrogens is 320 g/mol. The quantitative estimate of drug-likeness (QED) is 0.466. The van der Waals surface area contributed by atoms with Gasteiger partial charge in [-0.3, -0.25) is 0 Å². The zero-order valence-corrected chi connectivity index (χ0v) is 16.4. The highest BCUT2D eigenvalue weighted by atomic mass is 32.1. The molecule has 0 fully saturated rings. The molecule has 3 rings (SSSR count). The van der Waals surface area contributed by atoms with E-state index in [-0.39, 0.29) is 0 Å². The van der Waals surface area contributed by atoms with Crippen LogP contribution >= 0.6 is 11.3 Å². The van der Waals surface area contributed by atoms with Gasteiger partial charge in [0.25, 0.3) is 0 Å². The Hall–Kier alpha value is -2.12. The average molecular weight is 347 g/mol. The predicted molar refractivity (Wildman–Crippen MR) is 114 cm³/mol. The summed E-state index contributed by atoms with van der Waals surface area (Å²) in [5, 5.41) is 1.38. The Bertz CT molecular complexity index is 934. The van der Waals surface area contributed by atoms with Crippen LogP contribution in [-0.2, 0) is 6.42 Å². The molecule has 0 radical (unpaired) electrons. The Kier molecular flexibility index (Phi) is 5.55. The van der Waals surface area contributed by atoms with E-state index in [0.717, 1.165) is 12.8 Å². The Balaban J connectivity index is 2.31. The Morgan fingerprint density at radius 3 is 2.36 bits per heavy atom. The van der Waals surface area contributed by atoms with Crippen LogP contribution in [0.15, 0.2) is 60.2 Å². The largest absolute Gasteiger partial charge is 0.136 e. The molecule has 25 heavy (non-hydrogen) atoms. The molecule has 0 N–H and O–H groups in total. The summed E-state index contributed by atoms with van der Waals surface area (Å²) in [6.45, 7) is 8.71. The first-order chi connectivity index (χ1) is 12.0. The van der Waals surface area contributed by atoms with Crippen molar-refractivity contribution in [3.8, 4) is 0 Å². The summed E-state index contributed by atoms with van der Waals surface area (Å²) in [6, 6.07) is 11.4. The van der Waals surface area contributed by atoms with E-state index in [1.807, 2.05) is 11.3 Å². The molecule has 0 aliphatic heterocycles. The first-order valence-electron chi connectivity index (χ1n) is 8.91. The Morgan fingerprint density at radius 2 is 1.56 bits per heavy atom. The third-order valence-electron chi connectivity index (χ3n) is 4.45. The van der Waals surface area contributed by atoms with Gasteiger partial charge in [-0.25, -0.2) is 0 Å². The zero-order valence-electron chi connectivity index (χ0n) is 15.6. The van der Waals surface area contributed by atoms with E-state index in [1.165, 1.54) is 42.8 Å². The Labute approximate surface area is 155 Å². The lowest BCUT2D eigenvalue weighted by atomic mass is 10.0. The molecule has 0 saturated heterocycles. The van der Waals surface area contributed by atoms with Gasteiger partial charge in [-0.2, -0.15) is 0 Å². The molecule has 0 nitrogen and oxygen atoms in total. The van der Waals surface area contributed by atoms with Gasteiger partial charge in [0.15, 0.2) is 0 Å². The van der Waals surface area contributed by atoms with Crippen molar-refractivity contribution in [2.24, 2.45) is 0 Å². The van der Waals surface area contributed by atoms with Gasteiger partial charge in [0, 0.05) is 9.58 Å². The van der Waals surface area contributed by atoms with Gasteiger partial charge < -0.3 is 0 Å². The van der Waals surface area contributed by atoms with Crippen molar-refractivity contribution in [2.75, 3.05) is 0 Å². The smallest absolute Gasteiger partial charge is 0.0354 e. The van der Waals surface area contributed by atoms with E-state index >= 15 is 0 Å². The highest BCUT2D eigenvalue weighted by molar-refractivity contribution is 7.20. The molecule has 128 valence electrons. The van der Waals surface area contributed by atoms with Crippen LogP contribution in [0.2, 0.25) is 0 Å². The minimum atomic E-state index is 0.978. The van der Waals surface area contributed by atoms with Crippen molar-refractivity contribution < 1.29 is 0 Å². The molecule has 0 spiro atoms. The lowest BCUT2D eigenvalue weighted by Gasteiger charge is -2.01. The second-order valence-electron chi connectivity index (χ2n) is 6.91. The molecule has 2 aromatic rings. The number of fused-ring (bicyclic) bond motifs is 3. The lowest BCUT2D eigenvalue weighted by Crippen LogP contribution is -1.84. The topological polar surface area (TPSA) is 0 Å². The number of thiophene rings is 1. The van der Waals surface area contributed by atoms with Crippen LogP contribution in [0, 0.1) is 20.8 Å². The third kappa shape index (κ3) is 4.49. The van der Waals surface area contributed by atoms with Gasteiger partial charge in [0.1, 0.15) is 0 Å². The van der Waals surface area contributed by atoms with E-state index in [2.05, 4.69) is 88.4 Å². The van der Waals surface area contributed by atoms with Gasteiger partial charge in [-0.1, -0.05) is 65.3 Å². The molecule has 1 aromatic carbocycles. The predicted octanol–water partition coefficient (Wildman–Crippen LogP) is 7.41. The number of aryl methyl sites for hydroxylation is 3. The minimum absolute atomic E-state index is 0.978. The lowest BCUT2D eigenvalue weighted by molar-refractivity contribution is 1.27. The molecule has 0 bridgehead atoms. The van der Waals surface area contributed by atoms with Gasteiger partial charge in [0.05, 0.1) is 0 Å². The summed E-state index contributed by atoms with van der Waals surface area (Å²) >= 11 is 1.91. The average Bonchev–Trinajstić information content (AvgIpc) is 2.86. The number of rotatable bonds is 0. The van der Waals surface area contributed by atoms with Crippen molar-refractivity contribution in [3.05, 3.63) is 87.3 Å². The van der Waals surface area contributed by atoms with E-state index in [1.54, 1.807) is 0 Å². The van der Waals surface area contributed by atoms with E-state index in [0.29, 0.717) is 0 Å². The van der Waals surface area contributed by atoms with Gasteiger partial charge in [0.2, 0.25) is 0 Å². The first kappa shape index (κ1) is 17.7. The highest BCUT2D eigenvalue weighted by Gasteiger charge is 2.09. The molecule has 1 aliphatic rings. The summed E-state index contributed by atoms with van der Waals surface area (Å²) in [5.41, 5.74) is 6.67. The number of allylic oxidation sites excluding steroid dienone is 5. The van der Waals surface area contributed by atoms with Crippen LogP contribution < -0.4 is 0 Å².